The summed E-state index contributed by atoms with van der Waals surface area (Å²) >= 11 is 0. The normalized spacial score (nSPS) is 24.9. The molecule has 0 saturated heterocycles. The van der Waals surface area contributed by atoms with E-state index in [1.165, 1.54) is 30.4 Å². The van der Waals surface area contributed by atoms with Crippen LogP contribution >= 0.6 is 0 Å². The maximum absolute atomic E-state index is 5.85. The summed E-state index contributed by atoms with van der Waals surface area (Å²) in [6, 6.07) is 4.91. The Morgan fingerprint density at radius 2 is 1.80 bits per heavy atom. The zero-order chi connectivity index (χ0) is 13.9. The third-order valence-corrected chi connectivity index (χ3v) is 4.39. The van der Waals surface area contributed by atoms with E-state index in [-0.39, 0.29) is 0 Å². The molecular weight excluding hydrogens is 250 g/mol. The average molecular weight is 275 g/mol. The molecule has 1 N–H and O–H groups in total. The maximum Gasteiger partial charge on any atom is 0.161 e. The van der Waals surface area contributed by atoms with Crippen molar-refractivity contribution < 1.29 is 9.47 Å². The summed E-state index contributed by atoms with van der Waals surface area (Å²) in [4.78, 5) is 0. The van der Waals surface area contributed by atoms with Crippen LogP contribution in [0.3, 0.4) is 0 Å². The highest BCUT2D eigenvalue weighted by molar-refractivity contribution is 5.50. The number of fused-ring (bicyclic) bond motifs is 2. The highest BCUT2D eigenvalue weighted by Gasteiger charge is 2.27. The van der Waals surface area contributed by atoms with Crippen LogP contribution in [0.2, 0.25) is 0 Å². The minimum absolute atomic E-state index is 0.471. The lowest BCUT2D eigenvalue weighted by atomic mass is 9.80. The summed E-state index contributed by atoms with van der Waals surface area (Å²) in [6.45, 7) is 7.13. The van der Waals surface area contributed by atoms with Crippen molar-refractivity contribution in [2.45, 2.75) is 51.5 Å². The first kappa shape index (κ1) is 13.7. The summed E-state index contributed by atoms with van der Waals surface area (Å²) in [6.07, 6.45) is 4.60. The zero-order valence-electron chi connectivity index (χ0n) is 12.6. The van der Waals surface area contributed by atoms with Crippen LogP contribution in [0.1, 0.15) is 62.6 Å². The molecule has 3 nitrogen and oxygen atoms in total. The minimum atomic E-state index is 0.471. The summed E-state index contributed by atoms with van der Waals surface area (Å²) < 4.78 is 11.7. The second kappa shape index (κ2) is 6.04. The summed E-state index contributed by atoms with van der Waals surface area (Å²) in [7, 11) is 0. The lowest BCUT2D eigenvalue weighted by molar-refractivity contribution is 0.297. The van der Waals surface area contributed by atoms with E-state index in [0.717, 1.165) is 37.7 Å². The first-order chi connectivity index (χ1) is 9.79. The first-order valence-corrected chi connectivity index (χ1v) is 7.96. The lowest BCUT2D eigenvalue weighted by Crippen LogP contribution is -2.27. The fourth-order valence-electron chi connectivity index (χ4n) is 3.23. The largest absolute Gasteiger partial charge is 0.490 e. The summed E-state index contributed by atoms with van der Waals surface area (Å²) in [5.41, 5.74) is 2.86. The van der Waals surface area contributed by atoms with Crippen LogP contribution in [0.4, 0.5) is 0 Å². The Balaban J connectivity index is 1.95. The van der Waals surface area contributed by atoms with E-state index in [1.54, 1.807) is 0 Å². The fraction of sp³-hybridized carbons (Fsp3) is 0.647. The molecule has 0 radical (unpaired) electrons. The second-order valence-corrected chi connectivity index (χ2v) is 5.96. The van der Waals surface area contributed by atoms with Crippen molar-refractivity contribution in [2.75, 3.05) is 19.8 Å². The van der Waals surface area contributed by atoms with Crippen LogP contribution in [0.5, 0.6) is 11.5 Å². The Hall–Kier alpha value is -1.22. The molecule has 2 unspecified atom stereocenters. The van der Waals surface area contributed by atoms with Gasteiger partial charge in [0.05, 0.1) is 13.2 Å². The molecular formula is C17H25NO2. The Morgan fingerprint density at radius 3 is 2.50 bits per heavy atom. The van der Waals surface area contributed by atoms with Crippen LogP contribution in [0.15, 0.2) is 12.1 Å². The molecule has 0 bridgehead atoms. The maximum atomic E-state index is 5.85. The van der Waals surface area contributed by atoms with Crippen LogP contribution in [0, 0.1) is 0 Å². The fourth-order valence-corrected chi connectivity index (χ4v) is 3.23. The molecule has 0 amide bonds. The lowest BCUT2D eigenvalue weighted by Gasteiger charge is -2.31. The van der Waals surface area contributed by atoms with Crippen LogP contribution in [-0.2, 0) is 0 Å². The van der Waals surface area contributed by atoms with Gasteiger partial charge in [0.25, 0.3) is 0 Å². The molecule has 1 aliphatic heterocycles. The molecule has 0 aromatic heterocycles. The molecule has 110 valence electrons. The van der Waals surface area contributed by atoms with Crippen molar-refractivity contribution in [3.8, 4) is 11.5 Å². The van der Waals surface area contributed by atoms with E-state index in [4.69, 9.17) is 9.47 Å². The van der Waals surface area contributed by atoms with Gasteiger partial charge in [-0.2, -0.15) is 0 Å². The molecule has 0 spiro atoms. The van der Waals surface area contributed by atoms with Gasteiger partial charge in [0.1, 0.15) is 0 Å². The van der Waals surface area contributed by atoms with Gasteiger partial charge in [-0.15, -0.1) is 0 Å². The summed E-state index contributed by atoms with van der Waals surface area (Å²) in [5, 5.41) is 3.67. The van der Waals surface area contributed by atoms with Gasteiger partial charge in [-0.1, -0.05) is 13.8 Å². The smallest absolute Gasteiger partial charge is 0.161 e. The quantitative estimate of drug-likeness (QED) is 0.910. The second-order valence-electron chi connectivity index (χ2n) is 5.96. The third kappa shape index (κ3) is 2.64. The standard InChI is InChI=1S/C17H25NO2/c1-3-7-18-15-6-5-12(2)13-10-16-17(11-14(13)15)20-9-4-8-19-16/h10-12,15,18H,3-9H2,1-2H3. The number of nitrogens with one attached hydrogen (secondary N) is 1. The van der Waals surface area contributed by atoms with E-state index in [1.807, 2.05) is 0 Å². The van der Waals surface area contributed by atoms with Crippen molar-refractivity contribution >= 4 is 0 Å². The van der Waals surface area contributed by atoms with Crippen LogP contribution in [0.25, 0.3) is 0 Å². The summed E-state index contributed by atoms with van der Waals surface area (Å²) in [5.74, 6) is 2.48. The predicted octanol–water partition coefficient (Wildman–Crippen LogP) is 3.79. The number of benzene rings is 1. The average Bonchev–Trinajstić information content (AvgIpc) is 2.70. The molecule has 2 atom stereocenters. The van der Waals surface area contributed by atoms with Crippen LogP contribution in [-0.4, -0.2) is 19.8 Å². The van der Waals surface area contributed by atoms with Crippen molar-refractivity contribution in [1.29, 1.82) is 0 Å². The highest BCUT2D eigenvalue weighted by atomic mass is 16.5. The van der Waals surface area contributed by atoms with Gasteiger partial charge < -0.3 is 14.8 Å². The molecule has 0 fully saturated rings. The topological polar surface area (TPSA) is 30.5 Å². The van der Waals surface area contributed by atoms with E-state index in [9.17, 15) is 0 Å². The molecule has 0 saturated carbocycles. The first-order valence-electron chi connectivity index (χ1n) is 7.96. The van der Waals surface area contributed by atoms with Gasteiger partial charge in [0.15, 0.2) is 11.5 Å². The Morgan fingerprint density at radius 1 is 1.10 bits per heavy atom. The molecule has 1 aliphatic carbocycles. The van der Waals surface area contributed by atoms with E-state index in [0.29, 0.717) is 12.0 Å². The van der Waals surface area contributed by atoms with Gasteiger partial charge in [-0.25, -0.2) is 0 Å². The van der Waals surface area contributed by atoms with Gasteiger partial charge in [-0.05, 0) is 55.0 Å². The predicted molar refractivity (Wildman–Crippen MR) is 80.7 cm³/mol. The Bertz CT molecular complexity index is 472. The monoisotopic (exact) mass is 275 g/mol. The van der Waals surface area contributed by atoms with Gasteiger partial charge in [0, 0.05) is 12.5 Å². The Labute approximate surface area is 121 Å². The zero-order valence-corrected chi connectivity index (χ0v) is 12.6. The number of ether oxygens (including phenoxy) is 2. The van der Waals surface area contributed by atoms with Crippen molar-refractivity contribution in [2.24, 2.45) is 0 Å². The molecule has 1 aromatic carbocycles. The van der Waals surface area contributed by atoms with Gasteiger partial charge in [-0.3, -0.25) is 0 Å². The number of hydrogen-bond acceptors (Lipinski definition) is 3. The van der Waals surface area contributed by atoms with E-state index < -0.39 is 0 Å². The Kier molecular flexibility index (Phi) is 4.16. The molecule has 1 aromatic rings. The molecule has 2 aliphatic rings. The van der Waals surface area contributed by atoms with E-state index >= 15 is 0 Å². The van der Waals surface area contributed by atoms with E-state index in [2.05, 4.69) is 31.3 Å². The molecule has 20 heavy (non-hydrogen) atoms. The number of rotatable bonds is 3. The van der Waals surface area contributed by atoms with Crippen molar-refractivity contribution in [3.63, 3.8) is 0 Å². The molecule has 1 heterocycles. The van der Waals surface area contributed by atoms with Gasteiger partial charge >= 0.3 is 0 Å². The SMILES string of the molecule is CCCNC1CCC(C)c2cc3c(cc21)OCCCO3. The van der Waals surface area contributed by atoms with Crippen LogP contribution < -0.4 is 14.8 Å². The third-order valence-electron chi connectivity index (χ3n) is 4.39. The van der Waals surface area contributed by atoms with Gasteiger partial charge in [0.2, 0.25) is 0 Å². The highest BCUT2D eigenvalue weighted by Crippen LogP contribution is 2.43. The number of hydrogen-bond donors (Lipinski definition) is 1. The minimum Gasteiger partial charge on any atom is -0.490 e. The molecule has 3 rings (SSSR count). The molecule has 3 heteroatoms. The van der Waals surface area contributed by atoms with Crippen molar-refractivity contribution in [1.82, 2.24) is 5.32 Å². The van der Waals surface area contributed by atoms with Crippen molar-refractivity contribution in [3.05, 3.63) is 23.3 Å².